The molecule has 5 N–H and O–H groups in total. The normalized spacial score (nSPS) is 15.5. The SMILES string of the molecule is CNC(=O)c1c(Nc2ccc(C3CC3)cc2OC)cc(NC(=O)C2CC2)nc1N. The maximum atomic E-state index is 12.4. The average Bonchev–Trinajstić information content (AvgIpc) is 3.59. The van der Waals surface area contributed by atoms with E-state index in [-0.39, 0.29) is 29.1 Å². The van der Waals surface area contributed by atoms with E-state index in [1.54, 1.807) is 13.2 Å². The molecule has 0 aliphatic heterocycles. The number of hydrogen-bond acceptors (Lipinski definition) is 6. The number of ether oxygens (including phenoxy) is 1. The van der Waals surface area contributed by atoms with E-state index >= 15 is 0 Å². The predicted octanol–water partition coefficient (Wildman–Crippen LogP) is 3.00. The van der Waals surface area contributed by atoms with Gasteiger partial charge in [-0.25, -0.2) is 4.98 Å². The fraction of sp³-hybridized carbons (Fsp3) is 0.381. The number of nitrogens with two attached hydrogens (primary N) is 1. The quantitative estimate of drug-likeness (QED) is 0.572. The molecule has 1 aromatic heterocycles. The molecule has 2 amide bonds. The van der Waals surface area contributed by atoms with Crippen LogP contribution in [0.15, 0.2) is 24.3 Å². The van der Waals surface area contributed by atoms with Crippen molar-refractivity contribution < 1.29 is 14.3 Å². The minimum absolute atomic E-state index is 0.0307. The van der Waals surface area contributed by atoms with Crippen molar-refractivity contribution >= 4 is 34.8 Å². The molecule has 2 fully saturated rings. The Morgan fingerprint density at radius 2 is 1.90 bits per heavy atom. The van der Waals surface area contributed by atoms with Crippen molar-refractivity contribution in [1.82, 2.24) is 10.3 Å². The molecule has 4 rings (SSSR count). The summed E-state index contributed by atoms with van der Waals surface area (Å²) in [6.45, 7) is 0. The van der Waals surface area contributed by atoms with Crippen molar-refractivity contribution in [2.45, 2.75) is 31.6 Å². The standard InChI is InChI=1S/C21H25N5O3/c1-23-21(28)18-15(10-17(25-19(18)22)26-20(27)12-5-6-12)24-14-8-7-13(11-3-4-11)9-16(14)29-2/h7-12H,3-6H2,1-2H3,(H,23,28)(H4,22,24,25,26,27). The number of hydrogen-bond donors (Lipinski definition) is 4. The van der Waals surface area contributed by atoms with E-state index in [0.29, 0.717) is 28.9 Å². The number of rotatable bonds is 7. The zero-order valence-electron chi connectivity index (χ0n) is 16.5. The van der Waals surface area contributed by atoms with Gasteiger partial charge in [0.15, 0.2) is 0 Å². The van der Waals surface area contributed by atoms with Crippen molar-refractivity contribution in [2.75, 3.05) is 30.5 Å². The Bertz CT molecular complexity index is 967. The number of aromatic nitrogens is 1. The fourth-order valence-electron chi connectivity index (χ4n) is 3.29. The first kappa shape index (κ1) is 19.0. The number of methoxy groups -OCH3 is 1. The summed E-state index contributed by atoms with van der Waals surface area (Å²) in [7, 11) is 3.14. The predicted molar refractivity (Wildman–Crippen MR) is 112 cm³/mol. The third-order valence-corrected chi connectivity index (χ3v) is 5.24. The van der Waals surface area contributed by atoms with Gasteiger partial charge in [-0.05, 0) is 49.3 Å². The van der Waals surface area contributed by atoms with Crippen LogP contribution in [0.4, 0.5) is 23.0 Å². The van der Waals surface area contributed by atoms with Crippen LogP contribution in [-0.4, -0.2) is 31.0 Å². The van der Waals surface area contributed by atoms with Crippen molar-refractivity contribution in [3.8, 4) is 5.75 Å². The summed E-state index contributed by atoms with van der Waals surface area (Å²) in [5, 5.41) is 8.60. The van der Waals surface area contributed by atoms with Crippen LogP contribution in [-0.2, 0) is 4.79 Å². The molecule has 2 aromatic rings. The van der Waals surface area contributed by atoms with Crippen LogP contribution in [0.1, 0.15) is 47.5 Å². The van der Waals surface area contributed by atoms with E-state index in [1.165, 1.54) is 25.5 Å². The third-order valence-electron chi connectivity index (χ3n) is 5.24. The lowest BCUT2D eigenvalue weighted by molar-refractivity contribution is -0.117. The van der Waals surface area contributed by atoms with E-state index in [0.717, 1.165) is 12.8 Å². The van der Waals surface area contributed by atoms with Gasteiger partial charge in [-0.1, -0.05) is 6.07 Å². The summed E-state index contributed by atoms with van der Waals surface area (Å²) in [5.74, 6) is 1.20. The molecule has 8 heteroatoms. The summed E-state index contributed by atoms with van der Waals surface area (Å²) >= 11 is 0. The molecule has 2 saturated carbocycles. The van der Waals surface area contributed by atoms with Gasteiger partial charge in [-0.2, -0.15) is 0 Å². The van der Waals surface area contributed by atoms with Gasteiger partial charge in [0, 0.05) is 19.0 Å². The summed E-state index contributed by atoms with van der Waals surface area (Å²) in [4.78, 5) is 28.7. The Morgan fingerprint density at radius 1 is 1.14 bits per heavy atom. The minimum Gasteiger partial charge on any atom is -0.495 e. The number of anilines is 4. The monoisotopic (exact) mass is 395 g/mol. The number of amides is 2. The molecule has 8 nitrogen and oxygen atoms in total. The summed E-state index contributed by atoms with van der Waals surface area (Å²) < 4.78 is 5.55. The summed E-state index contributed by atoms with van der Waals surface area (Å²) in [6.07, 6.45) is 4.16. The summed E-state index contributed by atoms with van der Waals surface area (Å²) in [6, 6.07) is 7.62. The Kier molecular flexibility index (Phi) is 5.00. The lowest BCUT2D eigenvalue weighted by atomic mass is 10.1. The number of carbonyl (C=O) groups is 2. The van der Waals surface area contributed by atoms with E-state index in [9.17, 15) is 9.59 Å². The molecule has 2 aliphatic carbocycles. The van der Waals surface area contributed by atoms with Crippen LogP contribution in [0.2, 0.25) is 0 Å². The van der Waals surface area contributed by atoms with Crippen molar-refractivity contribution in [2.24, 2.45) is 5.92 Å². The van der Waals surface area contributed by atoms with Crippen LogP contribution in [0.25, 0.3) is 0 Å². The van der Waals surface area contributed by atoms with Crippen molar-refractivity contribution in [1.29, 1.82) is 0 Å². The fourth-order valence-corrected chi connectivity index (χ4v) is 3.29. The molecule has 0 unspecified atom stereocenters. The maximum absolute atomic E-state index is 12.4. The third kappa shape index (κ3) is 4.11. The van der Waals surface area contributed by atoms with E-state index in [1.807, 2.05) is 12.1 Å². The lowest BCUT2D eigenvalue weighted by Crippen LogP contribution is -2.22. The zero-order chi connectivity index (χ0) is 20.5. The second kappa shape index (κ2) is 7.62. The van der Waals surface area contributed by atoms with Gasteiger partial charge >= 0.3 is 0 Å². The molecule has 0 atom stereocenters. The molecule has 1 aromatic carbocycles. The molecule has 0 bridgehead atoms. The Morgan fingerprint density at radius 3 is 2.52 bits per heavy atom. The molecule has 152 valence electrons. The zero-order valence-corrected chi connectivity index (χ0v) is 16.5. The highest BCUT2D eigenvalue weighted by molar-refractivity contribution is 6.05. The molecular weight excluding hydrogens is 370 g/mol. The first-order chi connectivity index (χ1) is 14.0. The molecule has 1 heterocycles. The number of carbonyl (C=O) groups excluding carboxylic acids is 2. The second-order valence-corrected chi connectivity index (χ2v) is 7.52. The number of nitrogen functional groups attached to an aromatic ring is 1. The lowest BCUT2D eigenvalue weighted by Gasteiger charge is -2.17. The minimum atomic E-state index is -0.369. The highest BCUT2D eigenvalue weighted by Crippen LogP contribution is 2.43. The number of nitrogens with one attached hydrogen (secondary N) is 3. The van der Waals surface area contributed by atoms with Gasteiger partial charge < -0.3 is 26.4 Å². The van der Waals surface area contributed by atoms with E-state index in [2.05, 4.69) is 27.0 Å². The Labute approximate surface area is 169 Å². The Hall–Kier alpha value is -3.29. The molecule has 0 radical (unpaired) electrons. The number of pyridine rings is 1. The molecular formula is C21H25N5O3. The highest BCUT2D eigenvalue weighted by atomic mass is 16.5. The number of nitrogens with zero attached hydrogens (tertiary/aromatic N) is 1. The highest BCUT2D eigenvalue weighted by Gasteiger charge is 2.30. The van der Waals surface area contributed by atoms with Crippen LogP contribution < -0.4 is 26.4 Å². The molecule has 2 aliphatic rings. The van der Waals surface area contributed by atoms with E-state index in [4.69, 9.17) is 10.5 Å². The first-order valence-electron chi connectivity index (χ1n) is 9.78. The van der Waals surface area contributed by atoms with Gasteiger partial charge in [0.05, 0.1) is 18.5 Å². The molecule has 29 heavy (non-hydrogen) atoms. The second-order valence-electron chi connectivity index (χ2n) is 7.52. The van der Waals surface area contributed by atoms with Gasteiger partial charge in [-0.15, -0.1) is 0 Å². The van der Waals surface area contributed by atoms with Gasteiger partial charge in [0.2, 0.25) is 5.91 Å². The van der Waals surface area contributed by atoms with Gasteiger partial charge in [-0.3, -0.25) is 9.59 Å². The van der Waals surface area contributed by atoms with Gasteiger partial charge in [0.25, 0.3) is 5.91 Å². The first-order valence-corrected chi connectivity index (χ1v) is 9.78. The maximum Gasteiger partial charge on any atom is 0.256 e. The van der Waals surface area contributed by atoms with Crippen molar-refractivity contribution in [3.05, 3.63) is 35.4 Å². The Balaban J connectivity index is 1.69. The molecule has 0 saturated heterocycles. The van der Waals surface area contributed by atoms with Crippen LogP contribution in [0.5, 0.6) is 5.75 Å². The molecule has 0 spiro atoms. The van der Waals surface area contributed by atoms with E-state index < -0.39 is 0 Å². The van der Waals surface area contributed by atoms with Crippen LogP contribution in [0.3, 0.4) is 0 Å². The average molecular weight is 395 g/mol. The van der Waals surface area contributed by atoms with Gasteiger partial charge in [0.1, 0.15) is 22.9 Å². The van der Waals surface area contributed by atoms with Crippen LogP contribution in [0, 0.1) is 5.92 Å². The summed E-state index contributed by atoms with van der Waals surface area (Å²) in [5.41, 5.74) is 8.67. The number of benzene rings is 1. The van der Waals surface area contributed by atoms with Crippen molar-refractivity contribution in [3.63, 3.8) is 0 Å². The largest absolute Gasteiger partial charge is 0.495 e. The topological polar surface area (TPSA) is 118 Å². The smallest absolute Gasteiger partial charge is 0.256 e. The van der Waals surface area contributed by atoms with Crippen LogP contribution >= 0.6 is 0 Å².